The van der Waals surface area contributed by atoms with Gasteiger partial charge in [-0.1, -0.05) is 6.08 Å². The number of carbonyl (C=O) groups is 1. The molecule has 0 spiro atoms. The van der Waals surface area contributed by atoms with Gasteiger partial charge in [0.15, 0.2) is 0 Å². The number of hydrogen-bond donors (Lipinski definition) is 0. The van der Waals surface area contributed by atoms with Crippen LogP contribution < -0.4 is 0 Å². The van der Waals surface area contributed by atoms with E-state index < -0.39 is 0 Å². The minimum atomic E-state index is 0.366. The van der Waals surface area contributed by atoms with Crippen LogP contribution in [0.25, 0.3) is 0 Å². The number of allylic oxidation sites excluding steroid dienone is 1. The maximum absolute atomic E-state index is 10.5. The zero-order valence-corrected chi connectivity index (χ0v) is 7.67. The summed E-state index contributed by atoms with van der Waals surface area (Å²) in [6.45, 7) is 3.72. The highest BCUT2D eigenvalue weighted by Crippen LogP contribution is 2.30. The highest BCUT2D eigenvalue weighted by atomic mass is 16.1. The maximum Gasteiger partial charge on any atom is 0.123 e. The van der Waals surface area contributed by atoms with Crippen molar-refractivity contribution in [3.63, 3.8) is 0 Å². The molecule has 1 rings (SSSR count). The van der Waals surface area contributed by atoms with Crippen LogP contribution >= 0.6 is 0 Å². The molecule has 0 aromatic heterocycles. The van der Waals surface area contributed by atoms with E-state index in [2.05, 4.69) is 6.58 Å². The van der Waals surface area contributed by atoms with Gasteiger partial charge in [0.25, 0.3) is 0 Å². The van der Waals surface area contributed by atoms with Crippen LogP contribution in [0.2, 0.25) is 0 Å². The van der Waals surface area contributed by atoms with Gasteiger partial charge in [0.05, 0.1) is 0 Å². The molecule has 0 saturated heterocycles. The Morgan fingerprint density at radius 2 is 1.92 bits per heavy atom. The van der Waals surface area contributed by atoms with Crippen molar-refractivity contribution in [1.29, 1.82) is 0 Å². The minimum Gasteiger partial charge on any atom is -0.303 e. The Kier molecular flexibility index (Phi) is 4.06. The molecule has 0 bridgehead atoms. The van der Waals surface area contributed by atoms with E-state index in [0.29, 0.717) is 5.92 Å². The normalized spacial score (nSPS) is 29.7. The van der Waals surface area contributed by atoms with Crippen LogP contribution in [0.15, 0.2) is 12.7 Å². The molecule has 1 fully saturated rings. The fourth-order valence-electron chi connectivity index (χ4n) is 1.97. The lowest BCUT2D eigenvalue weighted by Gasteiger charge is -2.24. The van der Waals surface area contributed by atoms with E-state index in [9.17, 15) is 4.79 Å². The van der Waals surface area contributed by atoms with E-state index >= 15 is 0 Å². The maximum atomic E-state index is 10.5. The first-order chi connectivity index (χ1) is 5.86. The van der Waals surface area contributed by atoms with Crippen LogP contribution in [0, 0.1) is 11.8 Å². The number of carbonyl (C=O) groups excluding carboxylic acids is 1. The van der Waals surface area contributed by atoms with Crippen molar-refractivity contribution in [3.05, 3.63) is 12.7 Å². The molecule has 1 heteroatoms. The fraction of sp³-hybridized carbons (Fsp3) is 0.727. The Morgan fingerprint density at radius 1 is 1.25 bits per heavy atom. The van der Waals surface area contributed by atoms with Crippen molar-refractivity contribution in [1.82, 2.24) is 0 Å². The number of rotatable bonds is 4. The minimum absolute atomic E-state index is 0.366. The summed E-state index contributed by atoms with van der Waals surface area (Å²) >= 11 is 0. The molecule has 0 radical (unpaired) electrons. The summed E-state index contributed by atoms with van der Waals surface area (Å²) in [5.74, 6) is 1.23. The molecule has 0 amide bonds. The molecule has 0 unspecified atom stereocenters. The lowest BCUT2D eigenvalue weighted by Crippen LogP contribution is -2.15. The van der Waals surface area contributed by atoms with Crippen LogP contribution in [-0.2, 0) is 4.79 Å². The van der Waals surface area contributed by atoms with Gasteiger partial charge in [0.1, 0.15) is 6.29 Å². The average Bonchev–Trinajstić information content (AvgIpc) is 2.15. The van der Waals surface area contributed by atoms with Crippen LogP contribution in [-0.4, -0.2) is 6.29 Å². The molecule has 12 heavy (non-hydrogen) atoms. The predicted octanol–water partition coefficient (Wildman–Crippen LogP) is 2.96. The third kappa shape index (κ3) is 2.80. The van der Waals surface area contributed by atoms with Gasteiger partial charge in [-0.25, -0.2) is 0 Å². The quantitative estimate of drug-likeness (QED) is 0.463. The van der Waals surface area contributed by atoms with Gasteiger partial charge in [0, 0.05) is 5.92 Å². The SMILES string of the molecule is C=CCCC1CCC(C=O)CC1. The summed E-state index contributed by atoms with van der Waals surface area (Å²) < 4.78 is 0. The smallest absolute Gasteiger partial charge is 0.123 e. The van der Waals surface area contributed by atoms with Gasteiger partial charge in [-0.3, -0.25) is 0 Å². The van der Waals surface area contributed by atoms with Crippen LogP contribution in [0.4, 0.5) is 0 Å². The summed E-state index contributed by atoms with van der Waals surface area (Å²) in [4.78, 5) is 10.5. The summed E-state index contributed by atoms with van der Waals surface area (Å²) in [6, 6.07) is 0. The number of aldehydes is 1. The monoisotopic (exact) mass is 166 g/mol. The molecular formula is C11H18O. The second kappa shape index (κ2) is 5.13. The predicted molar refractivity (Wildman–Crippen MR) is 50.9 cm³/mol. The Balaban J connectivity index is 2.16. The van der Waals surface area contributed by atoms with E-state index in [4.69, 9.17) is 0 Å². The Hall–Kier alpha value is -0.590. The lowest BCUT2D eigenvalue weighted by atomic mass is 9.81. The lowest BCUT2D eigenvalue weighted by molar-refractivity contribution is -0.112. The van der Waals surface area contributed by atoms with E-state index in [1.165, 1.54) is 19.3 Å². The Bertz CT molecular complexity index is 143. The Morgan fingerprint density at radius 3 is 2.42 bits per heavy atom. The topological polar surface area (TPSA) is 17.1 Å². The van der Waals surface area contributed by atoms with Gasteiger partial charge >= 0.3 is 0 Å². The van der Waals surface area contributed by atoms with Gasteiger partial charge in [-0.05, 0) is 44.4 Å². The molecule has 0 N–H and O–H groups in total. The number of hydrogen-bond acceptors (Lipinski definition) is 1. The van der Waals surface area contributed by atoms with Crippen molar-refractivity contribution in [3.8, 4) is 0 Å². The van der Waals surface area contributed by atoms with Gasteiger partial charge in [-0.15, -0.1) is 6.58 Å². The fourth-order valence-corrected chi connectivity index (χ4v) is 1.97. The Labute approximate surface area is 74.9 Å². The second-order valence-corrected chi connectivity index (χ2v) is 3.78. The highest BCUT2D eigenvalue weighted by Gasteiger charge is 2.19. The van der Waals surface area contributed by atoms with E-state index in [1.54, 1.807) is 0 Å². The third-order valence-electron chi connectivity index (χ3n) is 2.86. The van der Waals surface area contributed by atoms with Crippen molar-refractivity contribution in [2.75, 3.05) is 0 Å². The van der Waals surface area contributed by atoms with E-state index in [0.717, 1.165) is 31.5 Å². The standard InChI is InChI=1S/C11H18O/c1-2-3-4-10-5-7-11(9-12)8-6-10/h2,9-11H,1,3-8H2. The first-order valence-electron chi connectivity index (χ1n) is 4.93. The molecule has 0 aliphatic heterocycles. The van der Waals surface area contributed by atoms with Crippen molar-refractivity contribution < 1.29 is 4.79 Å². The largest absolute Gasteiger partial charge is 0.303 e. The van der Waals surface area contributed by atoms with Crippen molar-refractivity contribution in [2.45, 2.75) is 38.5 Å². The molecule has 0 atom stereocenters. The molecule has 0 aromatic rings. The van der Waals surface area contributed by atoms with Gasteiger partial charge < -0.3 is 4.79 Å². The van der Waals surface area contributed by atoms with Crippen LogP contribution in [0.3, 0.4) is 0 Å². The molecule has 0 heterocycles. The summed E-state index contributed by atoms with van der Waals surface area (Å²) in [5.41, 5.74) is 0. The van der Waals surface area contributed by atoms with E-state index in [1.807, 2.05) is 6.08 Å². The molecule has 68 valence electrons. The van der Waals surface area contributed by atoms with Crippen molar-refractivity contribution >= 4 is 6.29 Å². The zero-order valence-electron chi connectivity index (χ0n) is 7.67. The van der Waals surface area contributed by atoms with Crippen molar-refractivity contribution in [2.24, 2.45) is 11.8 Å². The van der Waals surface area contributed by atoms with Crippen LogP contribution in [0.1, 0.15) is 38.5 Å². The summed E-state index contributed by atoms with van der Waals surface area (Å²) in [5, 5.41) is 0. The average molecular weight is 166 g/mol. The van der Waals surface area contributed by atoms with E-state index in [-0.39, 0.29) is 0 Å². The molecule has 1 nitrogen and oxygen atoms in total. The highest BCUT2D eigenvalue weighted by molar-refractivity contribution is 5.53. The molecule has 1 aliphatic rings. The van der Waals surface area contributed by atoms with Gasteiger partial charge in [-0.2, -0.15) is 0 Å². The molecule has 1 saturated carbocycles. The molecule has 0 aromatic carbocycles. The van der Waals surface area contributed by atoms with Crippen LogP contribution in [0.5, 0.6) is 0 Å². The van der Waals surface area contributed by atoms with Gasteiger partial charge in [0.2, 0.25) is 0 Å². The second-order valence-electron chi connectivity index (χ2n) is 3.78. The summed E-state index contributed by atoms with van der Waals surface area (Å²) in [7, 11) is 0. The first-order valence-corrected chi connectivity index (χ1v) is 4.93. The molecule has 1 aliphatic carbocycles. The zero-order chi connectivity index (χ0) is 8.81. The summed E-state index contributed by atoms with van der Waals surface area (Å²) in [6.07, 6.45) is 10.3. The third-order valence-corrected chi connectivity index (χ3v) is 2.86. The molecular weight excluding hydrogens is 148 g/mol. The first kappa shape index (κ1) is 9.50.